The number of aryl methyl sites for hydroxylation is 1. The fraction of sp³-hybridized carbons (Fsp3) is 0.533. The van der Waals surface area contributed by atoms with E-state index in [9.17, 15) is 4.79 Å². The van der Waals surface area contributed by atoms with Crippen molar-refractivity contribution in [3.05, 3.63) is 35.9 Å². The molecule has 1 fully saturated rings. The van der Waals surface area contributed by atoms with Crippen molar-refractivity contribution in [2.24, 2.45) is 5.73 Å². The van der Waals surface area contributed by atoms with Crippen LogP contribution in [0.5, 0.6) is 0 Å². The average Bonchev–Trinajstić information content (AvgIpc) is 2.47. The highest BCUT2D eigenvalue weighted by Crippen LogP contribution is 2.08. The quantitative estimate of drug-likeness (QED) is 0.867. The zero-order valence-corrected chi connectivity index (χ0v) is 11.3. The molecule has 0 bridgehead atoms. The van der Waals surface area contributed by atoms with E-state index < -0.39 is 0 Å². The van der Waals surface area contributed by atoms with E-state index in [2.05, 4.69) is 12.1 Å². The molecule has 0 unspecified atom stereocenters. The Hall–Kier alpha value is -1.39. The van der Waals surface area contributed by atoms with Gasteiger partial charge in [0.05, 0.1) is 13.2 Å². The highest BCUT2D eigenvalue weighted by molar-refractivity contribution is 5.76. The maximum atomic E-state index is 12.0. The molecule has 1 heterocycles. The van der Waals surface area contributed by atoms with Crippen LogP contribution in [-0.2, 0) is 16.0 Å². The zero-order valence-electron chi connectivity index (χ0n) is 11.3. The standard InChI is InChI=1S/C15H22N2O2/c16-14(7-6-13-4-2-1-3-5-13)12-15(18)17-8-10-19-11-9-17/h1-5,14H,6-12,16H2/t14-/m1/s1. The molecule has 1 atom stereocenters. The van der Waals surface area contributed by atoms with Gasteiger partial charge in [-0.25, -0.2) is 0 Å². The van der Waals surface area contributed by atoms with Crippen molar-refractivity contribution >= 4 is 5.91 Å². The Kier molecular flexibility index (Phi) is 5.36. The van der Waals surface area contributed by atoms with Crippen molar-refractivity contribution < 1.29 is 9.53 Å². The fourth-order valence-electron chi connectivity index (χ4n) is 2.26. The third-order valence-corrected chi connectivity index (χ3v) is 3.45. The lowest BCUT2D eigenvalue weighted by Gasteiger charge is -2.27. The summed E-state index contributed by atoms with van der Waals surface area (Å²) in [6.45, 7) is 2.68. The maximum Gasteiger partial charge on any atom is 0.224 e. The third kappa shape index (κ3) is 4.65. The first kappa shape index (κ1) is 14.0. The zero-order chi connectivity index (χ0) is 13.5. The number of ether oxygens (including phenoxy) is 1. The van der Waals surface area contributed by atoms with Crippen LogP contribution in [0.2, 0.25) is 0 Å². The summed E-state index contributed by atoms with van der Waals surface area (Å²) in [5, 5.41) is 0. The van der Waals surface area contributed by atoms with Gasteiger partial charge in [-0.3, -0.25) is 4.79 Å². The van der Waals surface area contributed by atoms with E-state index >= 15 is 0 Å². The number of morpholine rings is 1. The topological polar surface area (TPSA) is 55.6 Å². The molecular formula is C15H22N2O2. The van der Waals surface area contributed by atoms with Crippen LogP contribution in [0.4, 0.5) is 0 Å². The van der Waals surface area contributed by atoms with Crippen molar-refractivity contribution in [3.63, 3.8) is 0 Å². The average molecular weight is 262 g/mol. The van der Waals surface area contributed by atoms with Gasteiger partial charge in [0.15, 0.2) is 0 Å². The number of rotatable bonds is 5. The molecule has 0 radical (unpaired) electrons. The van der Waals surface area contributed by atoms with Gasteiger partial charge < -0.3 is 15.4 Å². The summed E-state index contributed by atoms with van der Waals surface area (Å²) in [6.07, 6.45) is 2.21. The van der Waals surface area contributed by atoms with Crippen LogP contribution in [0.3, 0.4) is 0 Å². The molecule has 19 heavy (non-hydrogen) atoms. The number of amides is 1. The summed E-state index contributed by atoms with van der Waals surface area (Å²) >= 11 is 0. The summed E-state index contributed by atoms with van der Waals surface area (Å²) < 4.78 is 5.24. The molecule has 0 aliphatic carbocycles. The summed E-state index contributed by atoms with van der Waals surface area (Å²) in [5.41, 5.74) is 7.33. The molecule has 1 aromatic carbocycles. The van der Waals surface area contributed by atoms with E-state index in [0.717, 1.165) is 12.8 Å². The van der Waals surface area contributed by atoms with Gasteiger partial charge in [-0.2, -0.15) is 0 Å². The molecule has 1 amide bonds. The lowest BCUT2D eigenvalue weighted by atomic mass is 10.0. The van der Waals surface area contributed by atoms with Crippen LogP contribution < -0.4 is 5.73 Å². The molecule has 0 spiro atoms. The van der Waals surface area contributed by atoms with Gasteiger partial charge in [-0.15, -0.1) is 0 Å². The van der Waals surface area contributed by atoms with Crippen LogP contribution in [0.15, 0.2) is 30.3 Å². The molecule has 4 heteroatoms. The molecule has 0 aromatic heterocycles. The summed E-state index contributed by atoms with van der Waals surface area (Å²) in [6, 6.07) is 10.2. The van der Waals surface area contributed by atoms with Gasteiger partial charge in [-0.05, 0) is 18.4 Å². The Morgan fingerprint density at radius 2 is 1.95 bits per heavy atom. The molecule has 104 valence electrons. The normalized spacial score (nSPS) is 17.2. The minimum Gasteiger partial charge on any atom is -0.378 e. The highest BCUT2D eigenvalue weighted by Gasteiger charge is 2.18. The highest BCUT2D eigenvalue weighted by atomic mass is 16.5. The van der Waals surface area contributed by atoms with Gasteiger partial charge in [0.25, 0.3) is 0 Å². The molecule has 2 N–H and O–H groups in total. The number of nitrogens with two attached hydrogens (primary N) is 1. The molecular weight excluding hydrogens is 240 g/mol. The van der Waals surface area contributed by atoms with E-state index in [0.29, 0.717) is 32.7 Å². The number of carbonyl (C=O) groups is 1. The first-order valence-electron chi connectivity index (χ1n) is 6.91. The molecule has 1 aromatic rings. The van der Waals surface area contributed by atoms with Crippen LogP contribution >= 0.6 is 0 Å². The first-order chi connectivity index (χ1) is 9.25. The second-order valence-electron chi connectivity index (χ2n) is 4.98. The maximum absolute atomic E-state index is 12.0. The van der Waals surface area contributed by atoms with Crippen LogP contribution in [-0.4, -0.2) is 43.2 Å². The van der Waals surface area contributed by atoms with Crippen molar-refractivity contribution in [1.82, 2.24) is 4.90 Å². The minimum absolute atomic E-state index is 0.0597. The Bertz CT molecular complexity index is 388. The van der Waals surface area contributed by atoms with Crippen LogP contribution in [0, 0.1) is 0 Å². The summed E-state index contributed by atoms with van der Waals surface area (Å²) in [5.74, 6) is 0.156. The minimum atomic E-state index is -0.0597. The lowest BCUT2D eigenvalue weighted by molar-refractivity contribution is -0.135. The van der Waals surface area contributed by atoms with Gasteiger partial charge in [0.1, 0.15) is 0 Å². The van der Waals surface area contributed by atoms with Gasteiger partial charge in [0.2, 0.25) is 5.91 Å². The monoisotopic (exact) mass is 262 g/mol. The summed E-state index contributed by atoms with van der Waals surface area (Å²) in [7, 11) is 0. The van der Waals surface area contributed by atoms with E-state index in [1.165, 1.54) is 5.56 Å². The Morgan fingerprint density at radius 1 is 1.26 bits per heavy atom. The number of hydrogen-bond acceptors (Lipinski definition) is 3. The van der Waals surface area contributed by atoms with Crippen molar-refractivity contribution in [3.8, 4) is 0 Å². The molecule has 2 rings (SSSR count). The lowest BCUT2D eigenvalue weighted by Crippen LogP contribution is -2.43. The third-order valence-electron chi connectivity index (χ3n) is 3.45. The Balaban J connectivity index is 1.71. The van der Waals surface area contributed by atoms with E-state index in [-0.39, 0.29) is 11.9 Å². The van der Waals surface area contributed by atoms with E-state index in [4.69, 9.17) is 10.5 Å². The first-order valence-corrected chi connectivity index (χ1v) is 6.91. The SMILES string of the molecule is N[C@H](CCc1ccccc1)CC(=O)N1CCOCC1. The molecule has 1 aliphatic rings. The molecule has 4 nitrogen and oxygen atoms in total. The van der Waals surface area contributed by atoms with Crippen molar-refractivity contribution in [1.29, 1.82) is 0 Å². The Morgan fingerprint density at radius 3 is 2.63 bits per heavy atom. The second kappa shape index (κ2) is 7.26. The Labute approximate surface area is 114 Å². The summed E-state index contributed by atoms with van der Waals surface area (Å²) in [4.78, 5) is 13.9. The van der Waals surface area contributed by atoms with Gasteiger partial charge >= 0.3 is 0 Å². The van der Waals surface area contributed by atoms with Crippen molar-refractivity contribution in [2.75, 3.05) is 26.3 Å². The number of benzene rings is 1. The largest absolute Gasteiger partial charge is 0.378 e. The van der Waals surface area contributed by atoms with Crippen LogP contribution in [0.25, 0.3) is 0 Å². The van der Waals surface area contributed by atoms with Gasteiger partial charge in [-0.1, -0.05) is 30.3 Å². The van der Waals surface area contributed by atoms with E-state index in [1.807, 2.05) is 23.1 Å². The fourth-order valence-corrected chi connectivity index (χ4v) is 2.26. The van der Waals surface area contributed by atoms with Crippen molar-refractivity contribution in [2.45, 2.75) is 25.3 Å². The second-order valence-corrected chi connectivity index (χ2v) is 4.98. The number of carbonyl (C=O) groups excluding carboxylic acids is 1. The van der Waals surface area contributed by atoms with Crippen LogP contribution in [0.1, 0.15) is 18.4 Å². The smallest absolute Gasteiger partial charge is 0.224 e. The number of nitrogens with zero attached hydrogens (tertiary/aromatic N) is 1. The number of hydrogen-bond donors (Lipinski definition) is 1. The predicted molar refractivity (Wildman–Crippen MR) is 74.8 cm³/mol. The predicted octanol–water partition coefficient (Wildman–Crippen LogP) is 1.20. The molecule has 1 saturated heterocycles. The molecule has 1 aliphatic heterocycles. The molecule has 0 saturated carbocycles. The van der Waals surface area contributed by atoms with Gasteiger partial charge in [0, 0.05) is 25.6 Å². The van der Waals surface area contributed by atoms with E-state index in [1.54, 1.807) is 0 Å².